The zero-order valence-electron chi connectivity index (χ0n) is 9.27. The van der Waals surface area contributed by atoms with Crippen LogP contribution in [0.2, 0.25) is 0 Å². The highest BCUT2D eigenvalue weighted by Gasteiger charge is 2.09. The highest BCUT2D eigenvalue weighted by molar-refractivity contribution is 5.85. The molecule has 0 saturated heterocycles. The van der Waals surface area contributed by atoms with Gasteiger partial charge < -0.3 is 15.5 Å². The van der Waals surface area contributed by atoms with Crippen LogP contribution in [0.25, 0.3) is 0 Å². The Balaban J connectivity index is 2.76. The Hall–Kier alpha value is -1.69. The Morgan fingerprint density at radius 3 is 2.81 bits per heavy atom. The van der Waals surface area contributed by atoms with E-state index in [0.29, 0.717) is 12.2 Å². The summed E-state index contributed by atoms with van der Waals surface area (Å²) in [4.78, 5) is 18.6. The number of aliphatic hydroxyl groups is 1. The number of aryl methyl sites for hydroxylation is 1. The number of hydrogen-bond donors (Lipinski definition) is 3. The summed E-state index contributed by atoms with van der Waals surface area (Å²) >= 11 is 0. The predicted molar refractivity (Wildman–Crippen MR) is 58.5 cm³/mol. The van der Waals surface area contributed by atoms with E-state index in [-0.39, 0.29) is 24.2 Å². The smallest absolute Gasteiger partial charge is 0.354 e. The van der Waals surface area contributed by atoms with Gasteiger partial charge >= 0.3 is 5.97 Å². The minimum absolute atomic E-state index is 0.0355. The van der Waals surface area contributed by atoms with Crippen molar-refractivity contribution in [1.29, 1.82) is 0 Å². The summed E-state index contributed by atoms with van der Waals surface area (Å²) in [5.74, 6) is -0.737. The largest absolute Gasteiger partial charge is 0.477 e. The van der Waals surface area contributed by atoms with Gasteiger partial charge in [0.25, 0.3) is 0 Å². The molecular formula is C10H15N3O3. The molecule has 0 bridgehead atoms. The number of anilines is 1. The fourth-order valence-electron chi connectivity index (χ4n) is 1.09. The van der Waals surface area contributed by atoms with Gasteiger partial charge in [-0.05, 0) is 18.9 Å². The molecule has 1 heterocycles. The fraction of sp³-hybridized carbons (Fsp3) is 0.500. The molecule has 1 unspecified atom stereocenters. The Bertz CT molecular complexity index is 382. The van der Waals surface area contributed by atoms with Crippen LogP contribution in [0.15, 0.2) is 6.07 Å². The van der Waals surface area contributed by atoms with Gasteiger partial charge in [-0.2, -0.15) is 0 Å². The third-order valence-corrected chi connectivity index (χ3v) is 1.99. The maximum absolute atomic E-state index is 10.7. The predicted octanol–water partition coefficient (Wildman–Crippen LogP) is 0.524. The van der Waals surface area contributed by atoms with Crippen LogP contribution in [-0.2, 0) is 0 Å². The van der Waals surface area contributed by atoms with Crippen LogP contribution in [0.4, 0.5) is 5.95 Å². The van der Waals surface area contributed by atoms with Crippen molar-refractivity contribution in [1.82, 2.24) is 9.97 Å². The third-order valence-electron chi connectivity index (χ3n) is 1.99. The normalized spacial score (nSPS) is 12.2. The van der Waals surface area contributed by atoms with Crippen molar-refractivity contribution >= 4 is 11.9 Å². The molecule has 88 valence electrons. The summed E-state index contributed by atoms with van der Waals surface area (Å²) in [5.41, 5.74) is 0.554. The van der Waals surface area contributed by atoms with Crippen LogP contribution in [0.5, 0.6) is 0 Å². The lowest BCUT2D eigenvalue weighted by Crippen LogP contribution is -2.17. The van der Waals surface area contributed by atoms with Crippen molar-refractivity contribution < 1.29 is 15.0 Å². The van der Waals surface area contributed by atoms with Gasteiger partial charge in [-0.25, -0.2) is 14.8 Å². The van der Waals surface area contributed by atoms with Gasteiger partial charge in [0.05, 0.1) is 0 Å². The molecule has 1 rings (SSSR count). The number of hydrogen-bond acceptors (Lipinski definition) is 5. The maximum Gasteiger partial charge on any atom is 0.354 e. The summed E-state index contributed by atoms with van der Waals surface area (Å²) in [6.45, 7) is 4.12. The van der Waals surface area contributed by atoms with Crippen LogP contribution >= 0.6 is 0 Å². The molecule has 3 N–H and O–H groups in total. The average molecular weight is 225 g/mol. The van der Waals surface area contributed by atoms with Crippen LogP contribution in [0.1, 0.15) is 23.1 Å². The molecule has 0 radical (unpaired) electrons. The Kier molecular flexibility index (Phi) is 4.19. The summed E-state index contributed by atoms with van der Waals surface area (Å²) in [7, 11) is 0. The monoisotopic (exact) mass is 225 g/mol. The van der Waals surface area contributed by atoms with Crippen LogP contribution in [0.3, 0.4) is 0 Å². The van der Waals surface area contributed by atoms with Crippen LogP contribution < -0.4 is 5.32 Å². The van der Waals surface area contributed by atoms with Crippen molar-refractivity contribution in [2.75, 3.05) is 18.5 Å². The van der Waals surface area contributed by atoms with Crippen molar-refractivity contribution in [3.8, 4) is 0 Å². The van der Waals surface area contributed by atoms with E-state index in [2.05, 4.69) is 15.3 Å². The lowest BCUT2D eigenvalue weighted by atomic mass is 10.2. The highest BCUT2D eigenvalue weighted by Crippen LogP contribution is 2.05. The molecule has 0 fully saturated rings. The molecule has 0 spiro atoms. The van der Waals surface area contributed by atoms with Gasteiger partial charge in [0.15, 0.2) is 5.69 Å². The van der Waals surface area contributed by atoms with E-state index in [0.717, 1.165) is 0 Å². The topological polar surface area (TPSA) is 95.3 Å². The molecule has 6 heteroatoms. The van der Waals surface area contributed by atoms with E-state index in [1.165, 1.54) is 6.07 Å². The van der Waals surface area contributed by atoms with Crippen molar-refractivity contribution in [2.45, 2.75) is 13.8 Å². The van der Waals surface area contributed by atoms with Crippen LogP contribution in [0, 0.1) is 12.8 Å². The number of carbonyl (C=O) groups is 1. The van der Waals surface area contributed by atoms with E-state index in [4.69, 9.17) is 10.2 Å². The van der Waals surface area contributed by atoms with E-state index in [9.17, 15) is 4.79 Å². The summed E-state index contributed by atoms with van der Waals surface area (Å²) < 4.78 is 0. The first-order valence-electron chi connectivity index (χ1n) is 4.96. The molecule has 1 atom stereocenters. The zero-order chi connectivity index (χ0) is 12.1. The van der Waals surface area contributed by atoms with Gasteiger partial charge in [0.2, 0.25) is 5.95 Å². The number of aliphatic hydroxyl groups excluding tert-OH is 1. The molecule has 1 aromatic heterocycles. The van der Waals surface area contributed by atoms with Gasteiger partial charge in [-0.3, -0.25) is 0 Å². The fourth-order valence-corrected chi connectivity index (χ4v) is 1.09. The molecule has 0 amide bonds. The molecule has 0 aliphatic heterocycles. The van der Waals surface area contributed by atoms with E-state index < -0.39 is 5.97 Å². The molecule has 0 aliphatic carbocycles. The van der Waals surface area contributed by atoms with Gasteiger partial charge in [0, 0.05) is 18.8 Å². The summed E-state index contributed by atoms with van der Waals surface area (Å²) in [6.07, 6.45) is 0. The Labute approximate surface area is 93.4 Å². The number of aromatic nitrogens is 2. The van der Waals surface area contributed by atoms with E-state index in [1.807, 2.05) is 6.92 Å². The molecule has 16 heavy (non-hydrogen) atoms. The number of nitrogens with one attached hydrogen (secondary N) is 1. The number of carboxylic acid groups (broad SMARTS) is 1. The maximum atomic E-state index is 10.7. The van der Waals surface area contributed by atoms with Gasteiger partial charge in [0.1, 0.15) is 0 Å². The van der Waals surface area contributed by atoms with E-state index >= 15 is 0 Å². The number of aromatic carboxylic acids is 1. The quantitative estimate of drug-likeness (QED) is 0.676. The lowest BCUT2D eigenvalue weighted by Gasteiger charge is -2.10. The van der Waals surface area contributed by atoms with E-state index in [1.54, 1.807) is 6.92 Å². The SMILES string of the molecule is Cc1cc(C(=O)O)nc(NCC(C)CO)n1. The second-order valence-corrected chi connectivity index (χ2v) is 3.69. The third kappa shape index (κ3) is 3.47. The molecular weight excluding hydrogens is 210 g/mol. The first-order chi connectivity index (χ1) is 7.52. The van der Waals surface area contributed by atoms with Crippen molar-refractivity contribution in [3.05, 3.63) is 17.5 Å². The highest BCUT2D eigenvalue weighted by atomic mass is 16.4. The number of nitrogens with zero attached hydrogens (tertiary/aromatic N) is 2. The second-order valence-electron chi connectivity index (χ2n) is 3.69. The van der Waals surface area contributed by atoms with Crippen molar-refractivity contribution in [3.63, 3.8) is 0 Å². The summed E-state index contributed by atoms with van der Waals surface area (Å²) in [6, 6.07) is 1.41. The minimum atomic E-state index is -1.08. The second kappa shape index (κ2) is 5.41. The average Bonchev–Trinajstić information content (AvgIpc) is 2.25. The zero-order valence-corrected chi connectivity index (χ0v) is 9.27. The Morgan fingerprint density at radius 1 is 1.56 bits per heavy atom. The summed E-state index contributed by atoms with van der Waals surface area (Å²) in [5, 5.41) is 20.5. The van der Waals surface area contributed by atoms with Crippen LogP contribution in [-0.4, -0.2) is 39.3 Å². The van der Waals surface area contributed by atoms with Gasteiger partial charge in [-0.15, -0.1) is 0 Å². The molecule has 0 saturated carbocycles. The standard InChI is InChI=1S/C10H15N3O3/c1-6(5-14)4-11-10-12-7(2)3-8(13-10)9(15)16/h3,6,14H,4-5H2,1-2H3,(H,15,16)(H,11,12,13). The molecule has 1 aromatic rings. The molecule has 6 nitrogen and oxygen atoms in total. The van der Waals surface area contributed by atoms with Crippen molar-refractivity contribution in [2.24, 2.45) is 5.92 Å². The first-order valence-corrected chi connectivity index (χ1v) is 4.96. The minimum Gasteiger partial charge on any atom is -0.477 e. The lowest BCUT2D eigenvalue weighted by molar-refractivity contribution is 0.0690. The first kappa shape index (κ1) is 12.4. The number of rotatable bonds is 5. The Morgan fingerprint density at radius 2 is 2.25 bits per heavy atom. The molecule has 0 aliphatic rings. The van der Waals surface area contributed by atoms with Gasteiger partial charge in [-0.1, -0.05) is 6.92 Å². The number of carboxylic acids is 1. The molecule has 0 aromatic carbocycles.